The molecule has 0 spiro atoms. The first-order valence-corrected chi connectivity index (χ1v) is 6.23. The van der Waals surface area contributed by atoms with Crippen molar-refractivity contribution in [3.63, 3.8) is 0 Å². The molecule has 16 heavy (non-hydrogen) atoms. The Morgan fingerprint density at radius 2 is 2.06 bits per heavy atom. The molecule has 1 aromatic rings. The van der Waals surface area contributed by atoms with Crippen LogP contribution in [0.5, 0.6) is 0 Å². The second kappa shape index (κ2) is 6.55. The molecule has 0 aliphatic heterocycles. The Balaban J connectivity index is 2.69. The molecule has 0 bridgehead atoms. The van der Waals surface area contributed by atoms with Gasteiger partial charge in [0, 0.05) is 11.9 Å². The van der Waals surface area contributed by atoms with Crippen molar-refractivity contribution in [2.75, 3.05) is 11.2 Å². The van der Waals surface area contributed by atoms with Gasteiger partial charge in [0.25, 0.3) is 0 Å². The van der Waals surface area contributed by atoms with Crippen molar-refractivity contribution in [2.24, 2.45) is 5.10 Å². The van der Waals surface area contributed by atoms with E-state index in [0.29, 0.717) is 10.1 Å². The van der Waals surface area contributed by atoms with Gasteiger partial charge in [0.2, 0.25) is 0 Å². The second-order valence-electron chi connectivity index (χ2n) is 3.02. The number of hydrazone groups is 1. The topological polar surface area (TPSA) is 41.5 Å². The maximum atomic E-state index is 11.2. The first kappa shape index (κ1) is 13.1. The highest BCUT2D eigenvalue weighted by Gasteiger charge is 2.04. The summed E-state index contributed by atoms with van der Waals surface area (Å²) in [5, 5.41) is 5.20. The summed E-state index contributed by atoms with van der Waals surface area (Å²) in [6.45, 7) is 3.48. The van der Waals surface area contributed by atoms with E-state index in [1.54, 1.807) is 24.3 Å². The lowest BCUT2D eigenvalue weighted by Crippen LogP contribution is -2.08. The van der Waals surface area contributed by atoms with Gasteiger partial charge in [-0.25, -0.2) is 0 Å². The molecule has 0 amide bonds. The van der Waals surface area contributed by atoms with Gasteiger partial charge in [-0.2, -0.15) is 5.10 Å². The van der Waals surface area contributed by atoms with Crippen LogP contribution in [0.3, 0.4) is 0 Å². The first-order chi connectivity index (χ1) is 7.63. The Kier molecular flexibility index (Phi) is 5.35. The van der Waals surface area contributed by atoms with Crippen LogP contribution in [0, 0.1) is 0 Å². The van der Waals surface area contributed by atoms with Crippen LogP contribution in [0.15, 0.2) is 29.4 Å². The summed E-state index contributed by atoms with van der Waals surface area (Å²) in [5.74, 6) is 0.786. The number of nitrogens with zero attached hydrogens (tertiary/aromatic N) is 1. The van der Waals surface area contributed by atoms with Gasteiger partial charge in [-0.05, 0) is 30.0 Å². The van der Waals surface area contributed by atoms with Gasteiger partial charge in [-0.15, -0.1) is 11.8 Å². The third-order valence-electron chi connectivity index (χ3n) is 1.71. The summed E-state index contributed by atoms with van der Waals surface area (Å²) in [6, 6.07) is 7.14. The SMILES string of the molecule is CCS/C(=N/Nc1ccc(Cl)cc1)C(C)=O. The lowest BCUT2D eigenvalue weighted by molar-refractivity contribution is -0.110. The fourth-order valence-electron chi connectivity index (χ4n) is 0.989. The number of Topliss-reactive ketones (excluding diaryl/α,β-unsaturated/α-hetero) is 1. The molecule has 0 unspecified atom stereocenters. The molecular formula is C11H13ClN2OS. The molecular weight excluding hydrogens is 244 g/mol. The predicted molar refractivity (Wildman–Crippen MR) is 71.3 cm³/mol. The van der Waals surface area contributed by atoms with Crippen molar-refractivity contribution in [1.82, 2.24) is 0 Å². The zero-order chi connectivity index (χ0) is 12.0. The largest absolute Gasteiger partial charge is 0.292 e. The van der Waals surface area contributed by atoms with Crippen LogP contribution in [-0.2, 0) is 4.79 Å². The quantitative estimate of drug-likeness (QED) is 0.510. The summed E-state index contributed by atoms with van der Waals surface area (Å²) >= 11 is 7.17. The molecule has 0 heterocycles. The van der Waals surface area contributed by atoms with Crippen molar-refractivity contribution >= 4 is 39.9 Å². The lowest BCUT2D eigenvalue weighted by Gasteiger charge is -2.03. The number of carbonyl (C=O) groups excluding carboxylic acids is 1. The summed E-state index contributed by atoms with van der Waals surface area (Å²) < 4.78 is 0. The Labute approximate surface area is 104 Å². The standard InChI is InChI=1S/C11H13ClN2OS/c1-3-16-11(8(2)15)14-13-10-6-4-9(12)5-7-10/h4-7,13H,3H2,1-2H3/b14-11+. The molecule has 0 saturated carbocycles. The molecule has 0 aliphatic rings. The van der Waals surface area contributed by atoms with Gasteiger partial charge < -0.3 is 0 Å². The maximum absolute atomic E-state index is 11.2. The van der Waals surface area contributed by atoms with Gasteiger partial charge in [0.1, 0.15) is 0 Å². The minimum Gasteiger partial charge on any atom is -0.292 e. The van der Waals surface area contributed by atoms with Crippen LogP contribution in [0.4, 0.5) is 5.69 Å². The summed E-state index contributed by atoms with van der Waals surface area (Å²) in [4.78, 5) is 11.2. The molecule has 0 saturated heterocycles. The fraction of sp³-hybridized carbons (Fsp3) is 0.273. The van der Waals surface area contributed by atoms with E-state index in [1.807, 2.05) is 6.92 Å². The third kappa shape index (κ3) is 4.24. The summed E-state index contributed by atoms with van der Waals surface area (Å²) in [7, 11) is 0. The highest BCUT2D eigenvalue weighted by molar-refractivity contribution is 8.15. The van der Waals surface area contributed by atoms with Crippen molar-refractivity contribution in [3.8, 4) is 0 Å². The van der Waals surface area contributed by atoms with Crippen LogP contribution in [0.25, 0.3) is 0 Å². The minimum atomic E-state index is -0.0340. The number of thioether (sulfide) groups is 1. The number of hydrogen-bond acceptors (Lipinski definition) is 4. The summed E-state index contributed by atoms with van der Waals surface area (Å²) in [6.07, 6.45) is 0. The van der Waals surface area contributed by atoms with Crippen LogP contribution < -0.4 is 5.43 Å². The molecule has 0 fully saturated rings. The van der Waals surface area contributed by atoms with E-state index < -0.39 is 0 Å². The van der Waals surface area contributed by atoms with Crippen LogP contribution in [0.1, 0.15) is 13.8 Å². The van der Waals surface area contributed by atoms with Gasteiger partial charge in [-0.3, -0.25) is 10.2 Å². The number of halogens is 1. The molecule has 1 aromatic carbocycles. The number of ketones is 1. The predicted octanol–water partition coefficient (Wildman–Crippen LogP) is 3.41. The van der Waals surface area contributed by atoms with E-state index in [2.05, 4.69) is 10.5 Å². The molecule has 1 rings (SSSR count). The number of hydrogen-bond donors (Lipinski definition) is 1. The molecule has 1 N–H and O–H groups in total. The van der Waals surface area contributed by atoms with Gasteiger partial charge in [0.05, 0.1) is 5.69 Å². The van der Waals surface area contributed by atoms with E-state index in [9.17, 15) is 4.79 Å². The zero-order valence-corrected chi connectivity index (χ0v) is 10.7. The molecule has 5 heteroatoms. The van der Waals surface area contributed by atoms with E-state index in [0.717, 1.165) is 11.4 Å². The smallest absolute Gasteiger partial charge is 0.186 e. The van der Waals surface area contributed by atoms with Crippen molar-refractivity contribution in [1.29, 1.82) is 0 Å². The Morgan fingerprint density at radius 3 is 2.56 bits per heavy atom. The van der Waals surface area contributed by atoms with Gasteiger partial charge in [-0.1, -0.05) is 18.5 Å². The number of carbonyl (C=O) groups is 1. The molecule has 0 aromatic heterocycles. The average molecular weight is 257 g/mol. The Hall–Kier alpha value is -1.00. The van der Waals surface area contributed by atoms with Crippen molar-refractivity contribution < 1.29 is 4.79 Å². The number of rotatable bonds is 4. The third-order valence-corrected chi connectivity index (χ3v) is 2.91. The van der Waals surface area contributed by atoms with E-state index in [1.165, 1.54) is 18.7 Å². The number of nitrogens with one attached hydrogen (secondary N) is 1. The number of anilines is 1. The van der Waals surface area contributed by atoms with Crippen LogP contribution in [0.2, 0.25) is 5.02 Å². The van der Waals surface area contributed by atoms with Gasteiger partial charge >= 0.3 is 0 Å². The molecule has 0 atom stereocenters. The van der Waals surface area contributed by atoms with Crippen LogP contribution >= 0.6 is 23.4 Å². The Morgan fingerprint density at radius 1 is 1.44 bits per heavy atom. The fourth-order valence-corrected chi connectivity index (χ4v) is 1.70. The molecule has 3 nitrogen and oxygen atoms in total. The average Bonchev–Trinajstić information content (AvgIpc) is 2.26. The monoisotopic (exact) mass is 256 g/mol. The van der Waals surface area contributed by atoms with Gasteiger partial charge in [0.15, 0.2) is 10.8 Å². The molecule has 86 valence electrons. The molecule has 0 radical (unpaired) electrons. The minimum absolute atomic E-state index is 0.0340. The highest BCUT2D eigenvalue weighted by atomic mass is 35.5. The zero-order valence-electron chi connectivity index (χ0n) is 9.16. The van der Waals surface area contributed by atoms with Crippen molar-refractivity contribution in [2.45, 2.75) is 13.8 Å². The van der Waals surface area contributed by atoms with Crippen LogP contribution in [-0.4, -0.2) is 16.6 Å². The maximum Gasteiger partial charge on any atom is 0.186 e. The summed E-state index contributed by atoms with van der Waals surface area (Å²) in [5.41, 5.74) is 3.63. The second-order valence-corrected chi connectivity index (χ2v) is 4.71. The van der Waals surface area contributed by atoms with E-state index in [-0.39, 0.29) is 5.78 Å². The highest BCUT2D eigenvalue weighted by Crippen LogP contribution is 2.14. The van der Waals surface area contributed by atoms with E-state index >= 15 is 0 Å². The van der Waals surface area contributed by atoms with Crippen molar-refractivity contribution in [3.05, 3.63) is 29.3 Å². The number of benzene rings is 1. The molecule has 0 aliphatic carbocycles. The normalized spacial score (nSPS) is 11.3. The Bertz CT molecular complexity index is 389. The van der Waals surface area contributed by atoms with E-state index in [4.69, 9.17) is 11.6 Å². The first-order valence-electron chi connectivity index (χ1n) is 4.86. The lowest BCUT2D eigenvalue weighted by atomic mass is 10.3.